The van der Waals surface area contributed by atoms with Gasteiger partial charge in [-0.3, -0.25) is 14.8 Å². The lowest BCUT2D eigenvalue weighted by Crippen LogP contribution is -2.43. The predicted octanol–water partition coefficient (Wildman–Crippen LogP) is 2.33. The largest absolute Gasteiger partial charge is 0.480 e. The number of carboxylic acids is 1. The minimum absolute atomic E-state index is 0.188. The first-order valence-corrected chi connectivity index (χ1v) is 8.27. The average molecular weight is 332 g/mol. The van der Waals surface area contributed by atoms with E-state index in [0.717, 1.165) is 36.8 Å². The van der Waals surface area contributed by atoms with Crippen molar-refractivity contribution in [3.05, 3.63) is 41.5 Å². The van der Waals surface area contributed by atoms with E-state index in [4.69, 9.17) is 5.21 Å². The van der Waals surface area contributed by atoms with Crippen LogP contribution in [0, 0.1) is 5.92 Å². The molecule has 130 valence electrons. The maximum Gasteiger partial charge on any atom is 0.320 e. The summed E-state index contributed by atoms with van der Waals surface area (Å²) in [4.78, 5) is 22.6. The van der Waals surface area contributed by atoms with E-state index in [1.807, 2.05) is 24.3 Å². The van der Waals surface area contributed by atoms with Gasteiger partial charge in [-0.15, -0.1) is 0 Å². The number of rotatable bonds is 7. The van der Waals surface area contributed by atoms with Crippen molar-refractivity contribution in [1.82, 2.24) is 10.8 Å². The molecule has 24 heavy (non-hydrogen) atoms. The van der Waals surface area contributed by atoms with Gasteiger partial charge in [-0.2, -0.15) is 0 Å². The van der Waals surface area contributed by atoms with Crippen LogP contribution < -0.4 is 10.8 Å². The van der Waals surface area contributed by atoms with Crippen molar-refractivity contribution in [3.8, 4) is 0 Å². The summed E-state index contributed by atoms with van der Waals surface area (Å²) >= 11 is 0. The summed E-state index contributed by atoms with van der Waals surface area (Å²) in [6, 6.07) is 6.96. The molecular formula is C18H24N2O4. The normalized spacial score (nSPS) is 16.9. The number of hydrogen-bond acceptors (Lipinski definition) is 4. The van der Waals surface area contributed by atoms with Crippen molar-refractivity contribution in [3.63, 3.8) is 0 Å². The molecule has 4 N–H and O–H groups in total. The maximum atomic E-state index is 11.6. The van der Waals surface area contributed by atoms with Crippen LogP contribution in [-0.2, 0) is 16.1 Å². The van der Waals surface area contributed by atoms with Crippen molar-refractivity contribution < 1.29 is 19.9 Å². The number of amides is 1. The number of nitrogens with one attached hydrogen (secondary N) is 2. The first-order valence-electron chi connectivity index (χ1n) is 8.27. The summed E-state index contributed by atoms with van der Waals surface area (Å²) < 4.78 is 0. The van der Waals surface area contributed by atoms with Crippen molar-refractivity contribution in [2.45, 2.75) is 44.7 Å². The Morgan fingerprint density at radius 1 is 1.25 bits per heavy atom. The van der Waals surface area contributed by atoms with Crippen LogP contribution in [0.2, 0.25) is 0 Å². The molecule has 2 rings (SSSR count). The molecule has 1 saturated carbocycles. The smallest absolute Gasteiger partial charge is 0.320 e. The van der Waals surface area contributed by atoms with Crippen LogP contribution in [0.25, 0.3) is 6.08 Å². The molecule has 1 aromatic rings. The van der Waals surface area contributed by atoms with E-state index in [2.05, 4.69) is 5.32 Å². The quantitative estimate of drug-likeness (QED) is 0.349. The number of hydrogen-bond donors (Lipinski definition) is 4. The van der Waals surface area contributed by atoms with Crippen LogP contribution in [0.5, 0.6) is 0 Å². The highest BCUT2D eigenvalue weighted by atomic mass is 16.5. The monoisotopic (exact) mass is 332 g/mol. The Morgan fingerprint density at radius 2 is 2.00 bits per heavy atom. The number of aliphatic carboxylic acids is 1. The molecule has 1 atom stereocenters. The third kappa shape index (κ3) is 5.47. The number of carbonyl (C=O) groups is 2. The molecule has 0 radical (unpaired) electrons. The van der Waals surface area contributed by atoms with Crippen LogP contribution >= 0.6 is 0 Å². The van der Waals surface area contributed by atoms with Gasteiger partial charge in [-0.1, -0.05) is 43.5 Å². The highest BCUT2D eigenvalue weighted by Gasteiger charge is 2.28. The average Bonchev–Trinajstić information content (AvgIpc) is 2.61. The summed E-state index contributed by atoms with van der Waals surface area (Å²) in [7, 11) is 0. The standard InChI is InChI=1S/C18H24N2O4/c21-16(20-24)10-9-13-5-4-6-14(11-13)12-19-17(18(22)23)15-7-2-1-3-8-15/h4-6,9-11,15,17,19,24H,1-3,7-8,12H2,(H,20,21)(H,22,23)/b10-9+/t17-/m0/s1. The van der Waals surface area contributed by atoms with E-state index in [1.54, 1.807) is 6.08 Å². The van der Waals surface area contributed by atoms with E-state index in [1.165, 1.54) is 18.0 Å². The van der Waals surface area contributed by atoms with E-state index >= 15 is 0 Å². The molecule has 1 aromatic carbocycles. The molecule has 1 amide bonds. The summed E-state index contributed by atoms with van der Waals surface area (Å²) in [5.74, 6) is -1.20. The highest BCUT2D eigenvalue weighted by Crippen LogP contribution is 2.26. The first-order chi connectivity index (χ1) is 11.6. The predicted molar refractivity (Wildman–Crippen MR) is 90.2 cm³/mol. The minimum atomic E-state index is -0.794. The molecule has 1 aliphatic rings. The van der Waals surface area contributed by atoms with Gasteiger partial charge in [0.2, 0.25) is 0 Å². The topological polar surface area (TPSA) is 98.7 Å². The molecule has 1 fully saturated rings. The van der Waals surface area contributed by atoms with Crippen LogP contribution in [0.1, 0.15) is 43.2 Å². The lowest BCUT2D eigenvalue weighted by molar-refractivity contribution is -0.141. The number of hydroxylamine groups is 1. The molecule has 0 spiro atoms. The fourth-order valence-electron chi connectivity index (χ4n) is 3.17. The van der Waals surface area contributed by atoms with Gasteiger partial charge in [0.25, 0.3) is 5.91 Å². The Bertz CT molecular complexity index is 594. The van der Waals surface area contributed by atoms with Crippen molar-refractivity contribution in [2.24, 2.45) is 5.92 Å². The van der Waals surface area contributed by atoms with E-state index in [0.29, 0.717) is 6.54 Å². The lowest BCUT2D eigenvalue weighted by atomic mass is 9.84. The molecule has 0 unspecified atom stereocenters. The zero-order valence-corrected chi connectivity index (χ0v) is 13.6. The number of carbonyl (C=O) groups excluding carboxylic acids is 1. The van der Waals surface area contributed by atoms with Gasteiger partial charge < -0.3 is 10.4 Å². The summed E-state index contributed by atoms with van der Waals surface area (Å²) in [5, 5.41) is 21.1. The first kappa shape index (κ1) is 18.2. The van der Waals surface area contributed by atoms with Gasteiger partial charge in [0, 0.05) is 12.6 Å². The van der Waals surface area contributed by atoms with Gasteiger partial charge in [-0.05, 0) is 36.0 Å². The number of benzene rings is 1. The van der Waals surface area contributed by atoms with Gasteiger partial charge in [0.15, 0.2) is 0 Å². The summed E-state index contributed by atoms with van der Waals surface area (Å²) in [6.07, 6.45) is 8.14. The second-order valence-corrected chi connectivity index (χ2v) is 6.15. The molecule has 6 heteroatoms. The molecule has 6 nitrogen and oxygen atoms in total. The Hall–Kier alpha value is -2.18. The molecule has 0 aromatic heterocycles. The molecular weight excluding hydrogens is 308 g/mol. The van der Waals surface area contributed by atoms with E-state index in [9.17, 15) is 14.7 Å². The number of carboxylic acid groups (broad SMARTS) is 1. The lowest BCUT2D eigenvalue weighted by Gasteiger charge is -2.28. The highest BCUT2D eigenvalue weighted by molar-refractivity contribution is 5.90. The molecule has 0 saturated heterocycles. The van der Waals surface area contributed by atoms with Crippen LogP contribution in [0.3, 0.4) is 0 Å². The van der Waals surface area contributed by atoms with Crippen LogP contribution in [0.15, 0.2) is 30.3 Å². The van der Waals surface area contributed by atoms with E-state index in [-0.39, 0.29) is 5.92 Å². The third-order valence-corrected chi connectivity index (χ3v) is 4.40. The Kier molecular flexibility index (Phi) is 6.96. The van der Waals surface area contributed by atoms with Crippen LogP contribution in [-0.4, -0.2) is 28.2 Å². The van der Waals surface area contributed by atoms with Crippen molar-refractivity contribution in [1.29, 1.82) is 0 Å². The summed E-state index contributed by atoms with van der Waals surface area (Å²) in [5.41, 5.74) is 3.29. The third-order valence-electron chi connectivity index (χ3n) is 4.40. The fourth-order valence-corrected chi connectivity index (χ4v) is 3.17. The minimum Gasteiger partial charge on any atom is -0.480 e. The van der Waals surface area contributed by atoms with Gasteiger partial charge in [-0.25, -0.2) is 5.48 Å². The Labute approximate surface area is 141 Å². The Balaban J connectivity index is 1.97. The van der Waals surface area contributed by atoms with Gasteiger partial charge in [0.05, 0.1) is 0 Å². The second kappa shape index (κ2) is 9.20. The fraction of sp³-hybridized carbons (Fsp3) is 0.444. The van der Waals surface area contributed by atoms with Gasteiger partial charge in [0.1, 0.15) is 6.04 Å². The van der Waals surface area contributed by atoms with Crippen molar-refractivity contribution in [2.75, 3.05) is 0 Å². The molecule has 0 aliphatic heterocycles. The molecule has 0 heterocycles. The van der Waals surface area contributed by atoms with Gasteiger partial charge >= 0.3 is 5.97 Å². The zero-order valence-electron chi connectivity index (χ0n) is 13.6. The molecule has 0 bridgehead atoms. The maximum absolute atomic E-state index is 11.6. The Morgan fingerprint density at radius 3 is 2.67 bits per heavy atom. The van der Waals surface area contributed by atoms with Crippen molar-refractivity contribution >= 4 is 18.0 Å². The van der Waals surface area contributed by atoms with E-state index < -0.39 is 17.9 Å². The SMILES string of the molecule is O=C(/C=C/c1cccc(CN[C@H](C(=O)O)C2CCCCC2)c1)NO. The zero-order chi connectivity index (χ0) is 17.4. The van der Waals surface area contributed by atoms with Crippen LogP contribution in [0.4, 0.5) is 0 Å². The second-order valence-electron chi connectivity index (χ2n) is 6.15. The molecule has 1 aliphatic carbocycles. The summed E-state index contributed by atoms with van der Waals surface area (Å²) in [6.45, 7) is 0.460.